The Kier molecular flexibility index (Phi) is 6.36. The number of halogens is 1. The third-order valence-electron chi connectivity index (χ3n) is 4.97. The highest BCUT2D eigenvalue weighted by Gasteiger charge is 2.27. The normalized spacial score (nSPS) is 16.6. The van der Waals surface area contributed by atoms with Gasteiger partial charge in [-0.15, -0.1) is 0 Å². The van der Waals surface area contributed by atoms with Gasteiger partial charge in [-0.2, -0.15) is 4.37 Å². The Hall–Kier alpha value is -2.51. The van der Waals surface area contributed by atoms with Gasteiger partial charge in [-0.25, -0.2) is 4.98 Å². The van der Waals surface area contributed by atoms with E-state index in [9.17, 15) is 4.79 Å². The monoisotopic (exact) mass is 427 g/mol. The molecule has 1 aromatic carbocycles. The number of anilines is 1. The van der Waals surface area contributed by atoms with E-state index in [-0.39, 0.29) is 11.8 Å². The van der Waals surface area contributed by atoms with Gasteiger partial charge in [0.25, 0.3) is 0 Å². The van der Waals surface area contributed by atoms with Gasteiger partial charge in [-0.05, 0) is 42.7 Å². The molecule has 1 unspecified atom stereocenters. The van der Waals surface area contributed by atoms with Crippen molar-refractivity contribution >= 4 is 34.2 Å². The minimum Gasteiger partial charge on any atom is -0.350 e. The number of rotatable bonds is 6. The maximum absolute atomic E-state index is 12.6. The van der Waals surface area contributed by atoms with Crippen LogP contribution in [0.4, 0.5) is 5.13 Å². The molecule has 0 radical (unpaired) electrons. The van der Waals surface area contributed by atoms with Gasteiger partial charge >= 0.3 is 0 Å². The third-order valence-corrected chi connectivity index (χ3v) is 6.03. The van der Waals surface area contributed by atoms with Gasteiger partial charge in [0.15, 0.2) is 0 Å². The summed E-state index contributed by atoms with van der Waals surface area (Å²) < 4.78 is 4.50. The Morgan fingerprint density at radius 2 is 2.10 bits per heavy atom. The topological polar surface area (TPSA) is 71.0 Å². The number of pyridine rings is 1. The summed E-state index contributed by atoms with van der Waals surface area (Å²) in [5, 5.41) is 4.62. The molecule has 1 aliphatic heterocycles. The number of nitrogens with zero attached hydrogens (tertiary/aromatic N) is 4. The Balaban J connectivity index is 1.34. The van der Waals surface area contributed by atoms with E-state index in [1.165, 1.54) is 11.5 Å². The lowest BCUT2D eigenvalue weighted by molar-refractivity contribution is -0.125. The van der Waals surface area contributed by atoms with Gasteiger partial charge in [0.1, 0.15) is 5.82 Å². The van der Waals surface area contributed by atoms with E-state index >= 15 is 0 Å². The molecule has 0 aliphatic carbocycles. The van der Waals surface area contributed by atoms with Crippen molar-refractivity contribution in [3.8, 4) is 0 Å². The average molecular weight is 428 g/mol. The van der Waals surface area contributed by atoms with E-state index in [2.05, 4.69) is 19.6 Å². The predicted octanol–water partition coefficient (Wildman–Crippen LogP) is 3.71. The van der Waals surface area contributed by atoms with Crippen LogP contribution in [0.3, 0.4) is 0 Å². The third kappa shape index (κ3) is 5.31. The van der Waals surface area contributed by atoms with Gasteiger partial charge in [0.2, 0.25) is 11.0 Å². The van der Waals surface area contributed by atoms with E-state index in [0.717, 1.165) is 46.6 Å². The molecule has 150 valence electrons. The van der Waals surface area contributed by atoms with Crippen LogP contribution in [0.15, 0.2) is 48.7 Å². The van der Waals surface area contributed by atoms with Crippen LogP contribution in [-0.2, 0) is 17.8 Å². The zero-order valence-electron chi connectivity index (χ0n) is 15.9. The first-order valence-corrected chi connectivity index (χ1v) is 10.8. The van der Waals surface area contributed by atoms with Crippen LogP contribution in [0.5, 0.6) is 0 Å². The smallest absolute Gasteiger partial charge is 0.225 e. The number of carbonyl (C=O) groups excluding carboxylic acids is 1. The molecule has 1 saturated heterocycles. The van der Waals surface area contributed by atoms with E-state index in [1.807, 2.05) is 42.5 Å². The van der Waals surface area contributed by atoms with Crippen molar-refractivity contribution in [3.63, 3.8) is 0 Å². The lowest BCUT2D eigenvalue weighted by Gasteiger charge is -2.31. The van der Waals surface area contributed by atoms with Crippen molar-refractivity contribution < 1.29 is 4.79 Å². The molecular weight excluding hydrogens is 406 g/mol. The fraction of sp³-hybridized carbons (Fsp3) is 0.333. The first-order valence-electron chi connectivity index (χ1n) is 9.67. The van der Waals surface area contributed by atoms with Crippen molar-refractivity contribution in [3.05, 3.63) is 70.8 Å². The summed E-state index contributed by atoms with van der Waals surface area (Å²) in [5.41, 5.74) is 1.99. The fourth-order valence-corrected chi connectivity index (χ4v) is 4.27. The second-order valence-electron chi connectivity index (χ2n) is 7.12. The van der Waals surface area contributed by atoms with Crippen molar-refractivity contribution in [2.24, 2.45) is 5.92 Å². The number of hydrogen-bond acceptors (Lipinski definition) is 6. The molecule has 1 N–H and O–H groups in total. The first-order chi connectivity index (χ1) is 14.2. The van der Waals surface area contributed by atoms with Crippen LogP contribution in [0, 0.1) is 5.92 Å². The Labute approximate surface area is 179 Å². The molecule has 3 heterocycles. The number of aromatic nitrogens is 3. The van der Waals surface area contributed by atoms with Gasteiger partial charge < -0.3 is 10.2 Å². The average Bonchev–Trinajstić information content (AvgIpc) is 3.23. The molecule has 6 nitrogen and oxygen atoms in total. The van der Waals surface area contributed by atoms with Crippen LogP contribution in [-0.4, -0.2) is 33.3 Å². The van der Waals surface area contributed by atoms with Crippen molar-refractivity contribution in [2.75, 3.05) is 18.0 Å². The highest BCUT2D eigenvalue weighted by molar-refractivity contribution is 7.09. The Morgan fingerprint density at radius 1 is 1.24 bits per heavy atom. The van der Waals surface area contributed by atoms with E-state index in [4.69, 9.17) is 16.6 Å². The summed E-state index contributed by atoms with van der Waals surface area (Å²) in [6.07, 6.45) is 4.27. The van der Waals surface area contributed by atoms with Gasteiger partial charge in [0.05, 0.1) is 18.2 Å². The maximum atomic E-state index is 12.6. The summed E-state index contributed by atoms with van der Waals surface area (Å²) in [5.74, 6) is 0.830. The van der Waals surface area contributed by atoms with Gasteiger partial charge in [-0.3, -0.25) is 9.78 Å². The molecule has 0 saturated carbocycles. The van der Waals surface area contributed by atoms with Crippen molar-refractivity contribution in [2.45, 2.75) is 25.8 Å². The van der Waals surface area contributed by atoms with Gasteiger partial charge in [-0.1, -0.05) is 29.8 Å². The zero-order chi connectivity index (χ0) is 20.1. The number of carbonyl (C=O) groups is 1. The lowest BCUT2D eigenvalue weighted by atomic mass is 9.97. The fourth-order valence-electron chi connectivity index (χ4n) is 3.42. The SMILES string of the molecule is O=C(NCc1ccccn1)C1CCCN(c2nc(Cc3ccc(Cl)cc3)ns2)C1. The van der Waals surface area contributed by atoms with Crippen molar-refractivity contribution in [1.29, 1.82) is 0 Å². The van der Waals surface area contributed by atoms with Crippen LogP contribution in [0.25, 0.3) is 0 Å². The summed E-state index contributed by atoms with van der Waals surface area (Å²) in [6, 6.07) is 13.4. The number of hydrogen-bond donors (Lipinski definition) is 1. The Morgan fingerprint density at radius 3 is 2.90 bits per heavy atom. The van der Waals surface area contributed by atoms with Crippen LogP contribution in [0.1, 0.15) is 29.9 Å². The highest BCUT2D eigenvalue weighted by Crippen LogP contribution is 2.25. The molecule has 8 heteroatoms. The number of piperidine rings is 1. The molecule has 2 aromatic heterocycles. The second-order valence-corrected chi connectivity index (χ2v) is 8.29. The molecule has 1 atom stereocenters. The number of benzene rings is 1. The minimum atomic E-state index is -0.0453. The molecule has 0 bridgehead atoms. The molecule has 1 amide bonds. The summed E-state index contributed by atoms with van der Waals surface area (Å²) in [6.45, 7) is 2.03. The molecule has 0 spiro atoms. The lowest BCUT2D eigenvalue weighted by Crippen LogP contribution is -2.43. The molecule has 3 aromatic rings. The summed E-state index contributed by atoms with van der Waals surface area (Å²) in [4.78, 5) is 23.7. The first kappa shape index (κ1) is 19.8. The van der Waals surface area contributed by atoms with Crippen LogP contribution < -0.4 is 10.2 Å². The van der Waals surface area contributed by atoms with Crippen LogP contribution >= 0.6 is 23.1 Å². The van der Waals surface area contributed by atoms with E-state index < -0.39 is 0 Å². The van der Waals surface area contributed by atoms with Crippen LogP contribution in [0.2, 0.25) is 5.02 Å². The summed E-state index contributed by atoms with van der Waals surface area (Å²) >= 11 is 7.34. The number of nitrogens with one attached hydrogen (secondary N) is 1. The molecule has 1 fully saturated rings. The largest absolute Gasteiger partial charge is 0.350 e. The molecular formula is C21H22ClN5OS. The molecule has 1 aliphatic rings. The van der Waals surface area contributed by atoms with Crippen molar-refractivity contribution in [1.82, 2.24) is 19.7 Å². The van der Waals surface area contributed by atoms with E-state index in [0.29, 0.717) is 19.5 Å². The number of amides is 1. The molecule has 4 rings (SSSR count). The zero-order valence-corrected chi connectivity index (χ0v) is 17.5. The molecule has 29 heavy (non-hydrogen) atoms. The van der Waals surface area contributed by atoms with E-state index in [1.54, 1.807) is 6.20 Å². The quantitative estimate of drug-likeness (QED) is 0.649. The second kappa shape index (κ2) is 9.33. The predicted molar refractivity (Wildman–Crippen MR) is 115 cm³/mol. The highest BCUT2D eigenvalue weighted by atomic mass is 35.5. The van der Waals surface area contributed by atoms with Gasteiger partial charge in [0, 0.05) is 42.3 Å². The Bertz CT molecular complexity index is 947. The minimum absolute atomic E-state index is 0.0453. The standard InChI is InChI=1S/C21H22ClN5OS/c22-17-8-6-15(7-9-17)12-19-25-21(29-26-19)27-11-3-4-16(14-27)20(28)24-13-18-5-1-2-10-23-18/h1-2,5-10,16H,3-4,11-14H2,(H,24,28). The summed E-state index contributed by atoms with van der Waals surface area (Å²) in [7, 11) is 0. The maximum Gasteiger partial charge on any atom is 0.225 e.